The van der Waals surface area contributed by atoms with Gasteiger partial charge < -0.3 is 36.6 Å². The van der Waals surface area contributed by atoms with Crippen LogP contribution in [0.15, 0.2) is 102 Å². The summed E-state index contributed by atoms with van der Waals surface area (Å²) in [5, 5.41) is 18.3. The molecule has 0 spiro atoms. The van der Waals surface area contributed by atoms with E-state index in [0.717, 1.165) is 0 Å². The van der Waals surface area contributed by atoms with Crippen LogP contribution in [0.2, 0.25) is 0 Å². The van der Waals surface area contributed by atoms with E-state index in [1.165, 1.54) is 19.2 Å². The number of urea groups is 3. The average Bonchev–Trinajstić information content (AvgIpc) is 3.09. The average molecular weight is 665 g/mol. The van der Waals surface area contributed by atoms with Gasteiger partial charge in [0.25, 0.3) is 0 Å². The van der Waals surface area contributed by atoms with Gasteiger partial charge in [-0.15, -0.1) is 0 Å². The fraction of sp³-hybridized carbons (Fsp3) is 0.118. The summed E-state index contributed by atoms with van der Waals surface area (Å²) in [5.74, 6) is -0.223. The smallest absolute Gasteiger partial charge is 0.411 e. The maximum absolute atomic E-state index is 12.8. The second-order valence-corrected chi connectivity index (χ2v) is 10.1. The van der Waals surface area contributed by atoms with Crippen LogP contribution in [-0.4, -0.2) is 56.2 Å². The summed E-state index contributed by atoms with van der Waals surface area (Å²) in [5.41, 5.74) is 3.42. The zero-order valence-corrected chi connectivity index (χ0v) is 26.2. The van der Waals surface area contributed by atoms with Crippen molar-refractivity contribution in [1.82, 2.24) is 10.6 Å². The summed E-state index contributed by atoms with van der Waals surface area (Å²) in [6.45, 7) is 0.259. The van der Waals surface area contributed by atoms with E-state index in [2.05, 4.69) is 42.2 Å². The number of nitrogens with zero attached hydrogens (tertiary/aromatic N) is 1. The van der Waals surface area contributed by atoms with Gasteiger partial charge in [-0.3, -0.25) is 10.1 Å². The van der Waals surface area contributed by atoms with Crippen molar-refractivity contribution in [3.05, 3.63) is 108 Å². The van der Waals surface area contributed by atoms with Crippen molar-refractivity contribution < 1.29 is 33.5 Å². The van der Waals surface area contributed by atoms with Gasteiger partial charge in [0.15, 0.2) is 5.78 Å². The first kappa shape index (κ1) is 34.9. The van der Waals surface area contributed by atoms with Crippen LogP contribution in [0.1, 0.15) is 22.3 Å². The molecule has 250 valence electrons. The summed E-state index contributed by atoms with van der Waals surface area (Å²) in [6, 6.07) is 24.2. The van der Waals surface area contributed by atoms with E-state index in [0.29, 0.717) is 51.7 Å². The van der Waals surface area contributed by atoms with Crippen molar-refractivity contribution in [2.24, 2.45) is 4.99 Å². The minimum Gasteiger partial charge on any atom is -0.449 e. The Bertz CT molecular complexity index is 1860. The number of benzene rings is 4. The van der Waals surface area contributed by atoms with E-state index in [4.69, 9.17) is 4.74 Å². The SMILES string of the molecule is CNC(=O)Nc1ccc(C(=O)c2ccc(NC(=O)Nc3cccc(NC(=O)NCCCOC(=O)Nc4cccc(N=C=O)c4)c3)cc2)cc1. The molecule has 0 heterocycles. The van der Waals surface area contributed by atoms with E-state index < -0.39 is 18.2 Å². The second kappa shape index (κ2) is 17.6. The minimum absolute atomic E-state index is 0.0407. The predicted molar refractivity (Wildman–Crippen MR) is 184 cm³/mol. The first-order chi connectivity index (χ1) is 23.7. The number of ether oxygens (including phenoxy) is 1. The highest BCUT2D eigenvalue weighted by Crippen LogP contribution is 2.19. The van der Waals surface area contributed by atoms with Crippen LogP contribution in [0.3, 0.4) is 0 Å². The lowest BCUT2D eigenvalue weighted by molar-refractivity contribution is 0.103. The maximum Gasteiger partial charge on any atom is 0.411 e. The highest BCUT2D eigenvalue weighted by molar-refractivity contribution is 6.09. The van der Waals surface area contributed by atoms with Crippen LogP contribution >= 0.6 is 0 Å². The van der Waals surface area contributed by atoms with Crippen molar-refractivity contribution in [3.8, 4) is 0 Å². The van der Waals surface area contributed by atoms with Gasteiger partial charge in [-0.2, -0.15) is 4.99 Å². The molecule has 0 unspecified atom stereocenters. The number of anilines is 5. The molecule has 0 radical (unpaired) electrons. The van der Waals surface area contributed by atoms with Crippen LogP contribution in [0.25, 0.3) is 0 Å². The quantitative estimate of drug-likeness (QED) is 0.0413. The number of carbonyl (C=O) groups excluding carboxylic acids is 6. The fourth-order valence-electron chi connectivity index (χ4n) is 4.21. The van der Waals surface area contributed by atoms with Crippen molar-refractivity contribution in [3.63, 3.8) is 0 Å². The lowest BCUT2D eigenvalue weighted by Crippen LogP contribution is -2.30. The van der Waals surface area contributed by atoms with E-state index in [1.54, 1.807) is 91.0 Å². The number of rotatable bonds is 12. The molecule has 4 aromatic rings. The molecule has 0 bridgehead atoms. The molecule has 0 aliphatic heterocycles. The van der Waals surface area contributed by atoms with Crippen LogP contribution in [-0.2, 0) is 9.53 Å². The lowest BCUT2D eigenvalue weighted by atomic mass is 10.0. The molecule has 0 saturated heterocycles. The van der Waals surface area contributed by atoms with Gasteiger partial charge in [-0.25, -0.2) is 24.0 Å². The molecule has 4 aromatic carbocycles. The van der Waals surface area contributed by atoms with Crippen LogP contribution in [0, 0.1) is 0 Å². The molecule has 0 saturated carbocycles. The Morgan fingerprint density at radius 1 is 0.633 bits per heavy atom. The van der Waals surface area contributed by atoms with E-state index in [1.807, 2.05) is 0 Å². The molecule has 49 heavy (non-hydrogen) atoms. The predicted octanol–water partition coefficient (Wildman–Crippen LogP) is 6.04. The van der Waals surface area contributed by atoms with Gasteiger partial charge in [0.05, 0.1) is 12.3 Å². The highest BCUT2D eigenvalue weighted by Gasteiger charge is 2.11. The van der Waals surface area contributed by atoms with E-state index >= 15 is 0 Å². The minimum atomic E-state index is -0.700. The second-order valence-electron chi connectivity index (χ2n) is 10.1. The fourth-order valence-corrected chi connectivity index (χ4v) is 4.21. The molecule has 0 atom stereocenters. The Balaban J connectivity index is 1.17. The van der Waals surface area contributed by atoms with Gasteiger partial charge in [0, 0.05) is 53.2 Å². The number of nitrogens with one attached hydrogen (secondary N) is 7. The zero-order valence-electron chi connectivity index (χ0n) is 26.2. The molecule has 0 aromatic heterocycles. The summed E-state index contributed by atoms with van der Waals surface area (Å²) in [6.07, 6.45) is 1.07. The first-order valence-corrected chi connectivity index (χ1v) is 14.8. The molecule has 0 aliphatic carbocycles. The van der Waals surface area contributed by atoms with Gasteiger partial charge in [0.1, 0.15) is 0 Å². The zero-order chi connectivity index (χ0) is 35.0. The normalized spacial score (nSPS) is 9.98. The molecule has 15 heteroatoms. The number of hydrogen-bond acceptors (Lipinski definition) is 8. The van der Waals surface area contributed by atoms with Crippen LogP contribution < -0.4 is 37.2 Å². The molecule has 0 fully saturated rings. The third kappa shape index (κ3) is 11.4. The van der Waals surface area contributed by atoms with Gasteiger partial charge in [-0.05, 0) is 91.3 Å². The number of hydrogen-bond donors (Lipinski definition) is 7. The van der Waals surface area contributed by atoms with E-state index in [9.17, 15) is 28.8 Å². The number of carbonyl (C=O) groups is 5. The molecule has 4 rings (SSSR count). The number of ketones is 1. The molecule has 0 aliphatic rings. The lowest BCUT2D eigenvalue weighted by Gasteiger charge is -2.11. The molecular weight excluding hydrogens is 632 g/mol. The standard InChI is InChI=1S/C34H32N8O7/c1-35-31(45)38-24-13-9-22(10-14-24)30(44)23-11-15-25(16-12-23)39-33(47)41-28-7-3-6-27(20-28)40-32(46)36-17-4-18-49-34(48)42-29-8-2-5-26(19-29)37-21-43/h2-3,5-16,19-20H,4,17-18H2,1H3,(H,42,48)(H2,35,38,45)(H2,36,40,46)(H2,39,41,47). The van der Waals surface area contributed by atoms with Crippen LogP contribution in [0.5, 0.6) is 0 Å². The third-order valence-corrected chi connectivity index (χ3v) is 6.52. The number of amides is 7. The Morgan fingerprint density at radius 2 is 1.16 bits per heavy atom. The largest absolute Gasteiger partial charge is 0.449 e. The number of isocyanates is 1. The van der Waals surface area contributed by atoms with Crippen molar-refractivity contribution in [2.45, 2.75) is 6.42 Å². The highest BCUT2D eigenvalue weighted by atomic mass is 16.5. The van der Waals surface area contributed by atoms with Crippen molar-refractivity contribution in [1.29, 1.82) is 0 Å². The summed E-state index contributed by atoms with van der Waals surface area (Å²) in [4.78, 5) is 75.0. The van der Waals surface area contributed by atoms with Crippen molar-refractivity contribution in [2.75, 3.05) is 46.8 Å². The molecular formula is C34H32N8O7. The van der Waals surface area contributed by atoms with Gasteiger partial charge >= 0.3 is 24.2 Å². The third-order valence-electron chi connectivity index (χ3n) is 6.52. The van der Waals surface area contributed by atoms with Crippen molar-refractivity contribution >= 4 is 70.2 Å². The molecule has 15 nitrogen and oxygen atoms in total. The topological polar surface area (TPSA) is 208 Å². The Labute approximate surface area is 280 Å². The molecule has 7 amide bonds. The van der Waals surface area contributed by atoms with Gasteiger partial charge in [0.2, 0.25) is 6.08 Å². The van der Waals surface area contributed by atoms with E-state index in [-0.39, 0.29) is 25.0 Å². The molecule has 7 N–H and O–H groups in total. The Kier molecular flexibility index (Phi) is 12.6. The Morgan fingerprint density at radius 3 is 1.76 bits per heavy atom. The number of aliphatic imine (C=N–C) groups is 1. The summed E-state index contributed by atoms with van der Waals surface area (Å²) in [7, 11) is 1.50. The summed E-state index contributed by atoms with van der Waals surface area (Å²) < 4.78 is 5.09. The monoisotopic (exact) mass is 664 g/mol. The first-order valence-electron chi connectivity index (χ1n) is 14.8. The maximum atomic E-state index is 12.8. The summed E-state index contributed by atoms with van der Waals surface area (Å²) >= 11 is 0. The van der Waals surface area contributed by atoms with Crippen LogP contribution in [0.4, 0.5) is 53.3 Å². The Hall–Kier alpha value is -6.99. The van der Waals surface area contributed by atoms with Gasteiger partial charge in [-0.1, -0.05) is 12.1 Å².